The minimum absolute atomic E-state index is 0.224. The molecule has 2 rings (SSSR count). The van der Waals surface area contributed by atoms with Crippen LogP contribution in [0.4, 0.5) is 0 Å². The zero-order valence-corrected chi connectivity index (χ0v) is 15.6. The molecule has 1 saturated carbocycles. The van der Waals surface area contributed by atoms with Crippen molar-refractivity contribution in [3.05, 3.63) is 17.7 Å². The second-order valence-corrected chi connectivity index (χ2v) is 6.31. The van der Waals surface area contributed by atoms with Gasteiger partial charge in [0.1, 0.15) is 0 Å². The van der Waals surface area contributed by atoms with Gasteiger partial charge in [0.25, 0.3) is 5.91 Å². The summed E-state index contributed by atoms with van der Waals surface area (Å²) in [6.45, 7) is 3.20. The number of methoxy groups -OCH3 is 3. The fourth-order valence-electron chi connectivity index (χ4n) is 3.28. The molecule has 0 radical (unpaired) electrons. The van der Waals surface area contributed by atoms with Gasteiger partial charge in [-0.2, -0.15) is 0 Å². The van der Waals surface area contributed by atoms with Gasteiger partial charge in [0.15, 0.2) is 11.5 Å². The molecule has 1 aliphatic rings. The first-order valence-corrected chi connectivity index (χ1v) is 8.81. The van der Waals surface area contributed by atoms with Crippen molar-refractivity contribution in [2.75, 3.05) is 34.5 Å². The largest absolute Gasteiger partial charge is 0.493 e. The van der Waals surface area contributed by atoms with E-state index in [-0.39, 0.29) is 5.91 Å². The van der Waals surface area contributed by atoms with Crippen molar-refractivity contribution in [1.82, 2.24) is 5.32 Å². The average Bonchev–Trinajstić information content (AvgIpc) is 2.64. The van der Waals surface area contributed by atoms with Crippen LogP contribution in [-0.4, -0.2) is 46.5 Å². The number of nitrogens with one attached hydrogen (secondary N) is 1. The summed E-state index contributed by atoms with van der Waals surface area (Å²) in [5.74, 6) is 1.66. The lowest BCUT2D eigenvalue weighted by molar-refractivity contribution is -0.00294. The number of carbonyl (C=O) groups excluding carboxylic acids is 1. The molecule has 0 spiro atoms. The Labute approximate surface area is 149 Å². The molecule has 2 unspecified atom stereocenters. The van der Waals surface area contributed by atoms with Crippen LogP contribution >= 0.6 is 0 Å². The molecule has 1 N–H and O–H groups in total. The molecule has 25 heavy (non-hydrogen) atoms. The van der Waals surface area contributed by atoms with E-state index in [0.29, 0.717) is 48.0 Å². The van der Waals surface area contributed by atoms with Crippen molar-refractivity contribution in [1.29, 1.82) is 0 Å². The van der Waals surface area contributed by atoms with Crippen LogP contribution in [0.3, 0.4) is 0 Å². The fraction of sp³-hybridized carbons (Fsp3) is 0.632. The van der Waals surface area contributed by atoms with Gasteiger partial charge in [-0.05, 0) is 30.9 Å². The van der Waals surface area contributed by atoms with Crippen LogP contribution in [0.25, 0.3) is 0 Å². The Kier molecular flexibility index (Phi) is 7.37. The lowest BCUT2D eigenvalue weighted by atomic mass is 9.88. The number of rotatable bonds is 8. The van der Waals surface area contributed by atoms with Crippen LogP contribution in [0.5, 0.6) is 17.2 Å². The van der Waals surface area contributed by atoms with Gasteiger partial charge >= 0.3 is 0 Å². The van der Waals surface area contributed by atoms with E-state index >= 15 is 0 Å². The van der Waals surface area contributed by atoms with Crippen LogP contribution < -0.4 is 19.5 Å². The molecule has 0 saturated heterocycles. The quantitative estimate of drug-likeness (QED) is 0.729. The SMILES string of the molecule is COc1ccc(C(=O)NCCOC2CCCCC2C)c(OC)c1OC. The van der Waals surface area contributed by atoms with Crippen molar-refractivity contribution < 1.29 is 23.7 Å². The number of ether oxygens (including phenoxy) is 4. The Hall–Kier alpha value is -1.95. The molecule has 0 bridgehead atoms. The normalized spacial score (nSPS) is 20.0. The zero-order valence-electron chi connectivity index (χ0n) is 15.6. The number of hydrogen-bond donors (Lipinski definition) is 1. The van der Waals surface area contributed by atoms with Gasteiger partial charge in [0.05, 0.1) is 39.6 Å². The van der Waals surface area contributed by atoms with E-state index in [9.17, 15) is 4.79 Å². The maximum absolute atomic E-state index is 12.5. The predicted octanol–water partition coefficient (Wildman–Crippen LogP) is 3.04. The third-order valence-corrected chi connectivity index (χ3v) is 4.70. The Bertz CT molecular complexity index is 575. The second kappa shape index (κ2) is 9.51. The van der Waals surface area contributed by atoms with Gasteiger partial charge in [-0.15, -0.1) is 0 Å². The fourth-order valence-corrected chi connectivity index (χ4v) is 3.28. The van der Waals surface area contributed by atoms with E-state index in [4.69, 9.17) is 18.9 Å². The van der Waals surface area contributed by atoms with Crippen molar-refractivity contribution >= 4 is 5.91 Å². The van der Waals surface area contributed by atoms with Gasteiger partial charge in [-0.25, -0.2) is 0 Å². The maximum atomic E-state index is 12.5. The first-order valence-electron chi connectivity index (χ1n) is 8.81. The molecule has 140 valence electrons. The predicted molar refractivity (Wildman–Crippen MR) is 95.8 cm³/mol. The number of carbonyl (C=O) groups is 1. The van der Waals surface area contributed by atoms with Crippen molar-refractivity contribution in [2.24, 2.45) is 5.92 Å². The van der Waals surface area contributed by atoms with E-state index in [2.05, 4.69) is 12.2 Å². The third-order valence-electron chi connectivity index (χ3n) is 4.70. The van der Waals surface area contributed by atoms with E-state index < -0.39 is 0 Å². The van der Waals surface area contributed by atoms with Crippen molar-refractivity contribution in [2.45, 2.75) is 38.7 Å². The summed E-state index contributed by atoms with van der Waals surface area (Å²) in [6, 6.07) is 3.36. The van der Waals surface area contributed by atoms with Crippen molar-refractivity contribution in [3.8, 4) is 17.2 Å². The molecular weight excluding hydrogens is 322 g/mol. The summed E-state index contributed by atoms with van der Waals surface area (Å²) < 4.78 is 21.8. The molecule has 1 fully saturated rings. The highest BCUT2D eigenvalue weighted by Crippen LogP contribution is 2.39. The average molecular weight is 351 g/mol. The zero-order chi connectivity index (χ0) is 18.2. The molecule has 1 aliphatic carbocycles. The third kappa shape index (κ3) is 4.78. The first kappa shape index (κ1) is 19.4. The molecule has 1 aromatic carbocycles. The van der Waals surface area contributed by atoms with Crippen LogP contribution in [0, 0.1) is 5.92 Å². The van der Waals surface area contributed by atoms with Gasteiger partial charge < -0.3 is 24.3 Å². The summed E-state index contributed by atoms with van der Waals surface area (Å²) in [5, 5.41) is 2.88. The molecule has 0 aromatic heterocycles. The van der Waals surface area contributed by atoms with Gasteiger partial charge in [0.2, 0.25) is 5.75 Å². The monoisotopic (exact) mass is 351 g/mol. The van der Waals surface area contributed by atoms with Crippen LogP contribution in [0.15, 0.2) is 12.1 Å². The van der Waals surface area contributed by atoms with E-state index in [1.54, 1.807) is 19.2 Å². The molecule has 2 atom stereocenters. The molecule has 6 nitrogen and oxygen atoms in total. The standard InChI is InChI=1S/C19H29NO5/c1-13-7-5-6-8-15(13)25-12-11-20-19(21)14-9-10-16(22-2)18(24-4)17(14)23-3/h9-10,13,15H,5-8,11-12H2,1-4H3,(H,20,21). The van der Waals surface area contributed by atoms with Crippen LogP contribution in [0.1, 0.15) is 43.0 Å². The smallest absolute Gasteiger partial charge is 0.255 e. The Morgan fingerprint density at radius 1 is 1.08 bits per heavy atom. The molecule has 0 aliphatic heterocycles. The van der Waals surface area contributed by atoms with E-state index in [0.717, 1.165) is 6.42 Å². The van der Waals surface area contributed by atoms with Crippen LogP contribution in [-0.2, 0) is 4.74 Å². The Morgan fingerprint density at radius 3 is 2.44 bits per heavy atom. The molecule has 1 aromatic rings. The molecule has 1 amide bonds. The summed E-state index contributed by atoms with van der Waals surface area (Å²) in [7, 11) is 4.56. The number of hydrogen-bond acceptors (Lipinski definition) is 5. The summed E-state index contributed by atoms with van der Waals surface area (Å²) in [6.07, 6.45) is 5.15. The summed E-state index contributed by atoms with van der Waals surface area (Å²) >= 11 is 0. The highest BCUT2D eigenvalue weighted by molar-refractivity contribution is 5.98. The topological polar surface area (TPSA) is 66.0 Å². The highest BCUT2D eigenvalue weighted by atomic mass is 16.5. The maximum Gasteiger partial charge on any atom is 0.255 e. The minimum Gasteiger partial charge on any atom is -0.493 e. The number of benzene rings is 1. The van der Waals surface area contributed by atoms with E-state index in [1.807, 2.05) is 0 Å². The summed E-state index contributed by atoms with van der Waals surface area (Å²) in [4.78, 5) is 12.5. The van der Waals surface area contributed by atoms with Crippen molar-refractivity contribution in [3.63, 3.8) is 0 Å². The van der Waals surface area contributed by atoms with Gasteiger partial charge in [-0.3, -0.25) is 4.79 Å². The van der Waals surface area contributed by atoms with Gasteiger partial charge in [-0.1, -0.05) is 19.8 Å². The van der Waals surface area contributed by atoms with Crippen LogP contribution in [0.2, 0.25) is 0 Å². The Morgan fingerprint density at radius 2 is 1.80 bits per heavy atom. The molecule has 0 heterocycles. The lowest BCUT2D eigenvalue weighted by Crippen LogP contribution is -2.32. The molecular formula is C19H29NO5. The highest BCUT2D eigenvalue weighted by Gasteiger charge is 2.22. The first-order chi connectivity index (χ1) is 12.1. The Balaban J connectivity index is 1.92. The lowest BCUT2D eigenvalue weighted by Gasteiger charge is -2.28. The number of amides is 1. The summed E-state index contributed by atoms with van der Waals surface area (Å²) in [5.41, 5.74) is 0.409. The van der Waals surface area contributed by atoms with Gasteiger partial charge in [0, 0.05) is 6.54 Å². The second-order valence-electron chi connectivity index (χ2n) is 6.31. The minimum atomic E-state index is -0.224. The molecule has 6 heteroatoms. The van der Waals surface area contributed by atoms with E-state index in [1.165, 1.54) is 33.5 Å².